The zero-order chi connectivity index (χ0) is 7.07. The topological polar surface area (TPSA) is 9.23 Å². The lowest BCUT2D eigenvalue weighted by Gasteiger charge is -1.76. The van der Waals surface area contributed by atoms with Crippen LogP contribution in [0.1, 0.15) is 0 Å². The van der Waals surface area contributed by atoms with Crippen LogP contribution in [0.25, 0.3) is 0 Å². The number of hydrogen-bond donors (Lipinski definition) is 0. The standard InChI is InChI=1S/C4H4S.C3H4OS/c2*1-2-4-5-3-1/h1-4H;1-2H,3H2. The molecule has 10 heavy (non-hydrogen) atoms. The summed E-state index contributed by atoms with van der Waals surface area (Å²) < 4.78 is 4.68. The Labute approximate surface area is 68.9 Å². The predicted molar refractivity (Wildman–Crippen MR) is 47.0 cm³/mol. The highest BCUT2D eigenvalue weighted by Gasteiger charge is 1.85. The van der Waals surface area contributed by atoms with Gasteiger partial charge in [0.05, 0.1) is 24.1 Å². The first-order valence-electron chi connectivity index (χ1n) is 2.90. The SMILES string of the molecule is C1=COSC1.c1ccsc1. The highest BCUT2D eigenvalue weighted by molar-refractivity contribution is 7.95. The molecule has 3 heteroatoms. The Balaban J connectivity index is 0.0000001000. The molecule has 0 fully saturated rings. The highest BCUT2D eigenvalue weighted by Crippen LogP contribution is 2.08. The molecule has 0 saturated heterocycles. The van der Waals surface area contributed by atoms with E-state index in [1.54, 1.807) is 17.6 Å². The fourth-order valence-electron chi connectivity index (χ4n) is 0.423. The quantitative estimate of drug-likeness (QED) is 0.556. The van der Waals surface area contributed by atoms with E-state index in [0.29, 0.717) is 0 Å². The van der Waals surface area contributed by atoms with Gasteiger partial charge in [0.15, 0.2) is 0 Å². The van der Waals surface area contributed by atoms with E-state index in [-0.39, 0.29) is 0 Å². The molecule has 0 N–H and O–H groups in total. The van der Waals surface area contributed by atoms with Crippen molar-refractivity contribution in [2.75, 3.05) is 5.75 Å². The van der Waals surface area contributed by atoms with Crippen LogP contribution in [-0.4, -0.2) is 5.75 Å². The smallest absolute Gasteiger partial charge is 0.0979 e. The summed E-state index contributed by atoms with van der Waals surface area (Å²) in [7, 11) is 0. The summed E-state index contributed by atoms with van der Waals surface area (Å²) in [5.74, 6) is 1.01. The first-order valence-corrected chi connectivity index (χ1v) is 4.76. The lowest BCUT2D eigenvalue weighted by Crippen LogP contribution is -1.50. The van der Waals surface area contributed by atoms with E-state index < -0.39 is 0 Å². The molecule has 0 spiro atoms. The Morgan fingerprint density at radius 2 is 2.00 bits per heavy atom. The van der Waals surface area contributed by atoms with Gasteiger partial charge in [-0.25, -0.2) is 0 Å². The molecular formula is C7H8OS2. The molecule has 54 valence electrons. The monoisotopic (exact) mass is 172 g/mol. The summed E-state index contributed by atoms with van der Waals surface area (Å²) in [6.45, 7) is 0. The lowest BCUT2D eigenvalue weighted by molar-refractivity contribution is 0.579. The summed E-state index contributed by atoms with van der Waals surface area (Å²) in [5.41, 5.74) is 0. The minimum absolute atomic E-state index is 1.01. The highest BCUT2D eigenvalue weighted by atomic mass is 32.2. The first-order chi connectivity index (χ1) is 5.00. The molecule has 2 heterocycles. The van der Waals surface area contributed by atoms with Gasteiger partial charge in [0.1, 0.15) is 0 Å². The molecule has 1 nitrogen and oxygen atoms in total. The molecule has 1 aliphatic heterocycles. The van der Waals surface area contributed by atoms with Crippen LogP contribution in [0.15, 0.2) is 35.2 Å². The molecule has 1 aromatic rings. The van der Waals surface area contributed by atoms with E-state index in [9.17, 15) is 0 Å². The molecule has 0 saturated carbocycles. The van der Waals surface area contributed by atoms with Crippen LogP contribution < -0.4 is 0 Å². The van der Waals surface area contributed by atoms with Gasteiger partial charge < -0.3 is 4.18 Å². The second-order valence-corrected chi connectivity index (χ2v) is 3.12. The Morgan fingerprint density at radius 1 is 1.20 bits per heavy atom. The fraction of sp³-hybridized carbons (Fsp3) is 0.143. The summed E-state index contributed by atoms with van der Waals surface area (Å²) in [5, 5.41) is 4.08. The molecule has 1 aromatic heterocycles. The Morgan fingerprint density at radius 3 is 2.20 bits per heavy atom. The molecule has 0 unspecified atom stereocenters. The van der Waals surface area contributed by atoms with Gasteiger partial charge in [-0.15, -0.1) is 0 Å². The summed E-state index contributed by atoms with van der Waals surface area (Å²) >= 11 is 3.18. The van der Waals surface area contributed by atoms with Crippen molar-refractivity contribution in [3.8, 4) is 0 Å². The van der Waals surface area contributed by atoms with Crippen LogP contribution in [0.4, 0.5) is 0 Å². The van der Waals surface area contributed by atoms with E-state index in [2.05, 4.69) is 4.18 Å². The van der Waals surface area contributed by atoms with Crippen LogP contribution >= 0.6 is 23.4 Å². The predicted octanol–water partition coefficient (Wildman–Crippen LogP) is 2.93. The first kappa shape index (κ1) is 7.69. The lowest BCUT2D eigenvalue weighted by atomic mass is 10.7. The second-order valence-electron chi connectivity index (χ2n) is 1.55. The van der Waals surface area contributed by atoms with Crippen molar-refractivity contribution in [3.63, 3.8) is 0 Å². The molecule has 0 atom stereocenters. The zero-order valence-electron chi connectivity index (χ0n) is 5.40. The summed E-state index contributed by atoms with van der Waals surface area (Å²) in [6.07, 6.45) is 3.68. The maximum atomic E-state index is 4.68. The normalized spacial score (nSPS) is 13.6. The van der Waals surface area contributed by atoms with Gasteiger partial charge in [-0.05, 0) is 16.8 Å². The van der Waals surface area contributed by atoms with E-state index in [0.717, 1.165) is 5.75 Å². The van der Waals surface area contributed by atoms with Crippen LogP contribution in [-0.2, 0) is 4.18 Å². The molecule has 2 rings (SSSR count). The van der Waals surface area contributed by atoms with Crippen molar-refractivity contribution < 1.29 is 4.18 Å². The third-order valence-electron chi connectivity index (χ3n) is 0.809. The van der Waals surface area contributed by atoms with Gasteiger partial charge in [0.2, 0.25) is 0 Å². The fourth-order valence-corrected chi connectivity index (χ4v) is 1.27. The van der Waals surface area contributed by atoms with E-state index in [4.69, 9.17) is 0 Å². The van der Waals surface area contributed by atoms with Crippen molar-refractivity contribution in [1.29, 1.82) is 0 Å². The van der Waals surface area contributed by atoms with Gasteiger partial charge in [-0.3, -0.25) is 0 Å². The molecule has 0 amide bonds. The summed E-state index contributed by atoms with van der Waals surface area (Å²) in [4.78, 5) is 0. The molecular weight excluding hydrogens is 164 g/mol. The van der Waals surface area contributed by atoms with E-state index >= 15 is 0 Å². The van der Waals surface area contributed by atoms with Gasteiger partial charge in [0, 0.05) is 0 Å². The van der Waals surface area contributed by atoms with Crippen molar-refractivity contribution >= 4 is 23.4 Å². The molecule has 0 aromatic carbocycles. The maximum absolute atomic E-state index is 4.68. The zero-order valence-corrected chi connectivity index (χ0v) is 7.03. The minimum atomic E-state index is 1.01. The maximum Gasteiger partial charge on any atom is 0.0979 e. The Hall–Kier alpha value is -0.410. The van der Waals surface area contributed by atoms with Crippen molar-refractivity contribution in [1.82, 2.24) is 0 Å². The molecule has 0 bridgehead atoms. The number of thiophene rings is 1. The van der Waals surface area contributed by atoms with Crippen molar-refractivity contribution in [2.24, 2.45) is 0 Å². The van der Waals surface area contributed by atoms with Crippen LogP contribution in [0.2, 0.25) is 0 Å². The summed E-state index contributed by atoms with van der Waals surface area (Å²) in [6, 6.07) is 4.04. The molecule has 0 radical (unpaired) electrons. The largest absolute Gasteiger partial charge is 0.433 e. The van der Waals surface area contributed by atoms with Gasteiger partial charge >= 0.3 is 0 Å². The van der Waals surface area contributed by atoms with Gasteiger partial charge in [0.25, 0.3) is 0 Å². The third kappa shape index (κ3) is 3.58. The van der Waals surface area contributed by atoms with Crippen LogP contribution in [0.3, 0.4) is 0 Å². The second kappa shape index (κ2) is 5.38. The van der Waals surface area contributed by atoms with Gasteiger partial charge in [-0.1, -0.05) is 12.1 Å². The average molecular weight is 172 g/mol. The molecule has 0 aliphatic carbocycles. The van der Waals surface area contributed by atoms with E-state index in [1.165, 1.54) is 12.0 Å². The van der Waals surface area contributed by atoms with Crippen molar-refractivity contribution in [2.45, 2.75) is 0 Å². The Bertz CT molecular complexity index is 147. The number of rotatable bonds is 0. The average Bonchev–Trinajstić information content (AvgIpc) is 2.67. The van der Waals surface area contributed by atoms with Gasteiger partial charge in [-0.2, -0.15) is 11.3 Å². The third-order valence-corrected chi connectivity index (χ3v) is 2.01. The minimum Gasteiger partial charge on any atom is -0.433 e. The number of hydrogen-bond acceptors (Lipinski definition) is 3. The van der Waals surface area contributed by atoms with Crippen molar-refractivity contribution in [3.05, 3.63) is 35.2 Å². The van der Waals surface area contributed by atoms with Crippen LogP contribution in [0.5, 0.6) is 0 Å². The van der Waals surface area contributed by atoms with E-state index in [1.807, 2.05) is 29.0 Å². The molecule has 1 aliphatic rings. The van der Waals surface area contributed by atoms with Crippen LogP contribution in [0, 0.1) is 0 Å². The Kier molecular flexibility index (Phi) is 4.14.